The van der Waals surface area contributed by atoms with E-state index < -0.39 is 18.2 Å². The number of nitrogens with two attached hydrogens (primary N) is 1. The van der Waals surface area contributed by atoms with Crippen LogP contribution in [0.2, 0.25) is 0 Å². The predicted molar refractivity (Wildman–Crippen MR) is 145 cm³/mol. The van der Waals surface area contributed by atoms with Crippen molar-refractivity contribution < 1.29 is 28.2 Å². The lowest BCUT2D eigenvalue weighted by atomic mass is 10.2. The van der Waals surface area contributed by atoms with Gasteiger partial charge in [0.2, 0.25) is 0 Å². The highest BCUT2D eigenvalue weighted by molar-refractivity contribution is 5.99. The third kappa shape index (κ3) is 8.80. The molecule has 1 aliphatic carbocycles. The number of hydrogen-bond acceptors (Lipinski definition) is 11. The van der Waals surface area contributed by atoms with Crippen LogP contribution >= 0.6 is 0 Å². The second-order valence-corrected chi connectivity index (χ2v) is 9.16. The second-order valence-electron chi connectivity index (χ2n) is 9.16. The number of nitrogens with zero attached hydrogens (tertiary/aromatic N) is 5. The molecule has 3 aromatic heterocycles. The summed E-state index contributed by atoms with van der Waals surface area (Å²) in [5.41, 5.74) is 7.04. The van der Waals surface area contributed by atoms with Crippen LogP contribution in [0, 0.1) is 11.3 Å². The van der Waals surface area contributed by atoms with Gasteiger partial charge in [-0.25, -0.2) is 19.2 Å². The zero-order chi connectivity index (χ0) is 29.0. The van der Waals surface area contributed by atoms with E-state index >= 15 is 0 Å². The van der Waals surface area contributed by atoms with Gasteiger partial charge in [-0.1, -0.05) is 0 Å². The Morgan fingerprint density at radius 2 is 1.98 bits per heavy atom. The van der Waals surface area contributed by atoms with Gasteiger partial charge in [0.05, 0.1) is 56.0 Å². The first kappa shape index (κ1) is 29.6. The molecule has 1 aliphatic rings. The molecule has 1 atom stereocenters. The molecule has 5 N–H and O–H groups in total. The third-order valence-electron chi connectivity index (χ3n) is 5.85. The lowest BCUT2D eigenvalue weighted by Crippen LogP contribution is -2.34. The highest BCUT2D eigenvalue weighted by atomic mass is 19.1. The van der Waals surface area contributed by atoms with Crippen molar-refractivity contribution in [3.05, 3.63) is 41.9 Å². The summed E-state index contributed by atoms with van der Waals surface area (Å²) >= 11 is 0. The molecule has 2 amide bonds. The van der Waals surface area contributed by atoms with Gasteiger partial charge in [-0.3, -0.25) is 4.79 Å². The molecule has 1 unspecified atom stereocenters. The van der Waals surface area contributed by atoms with E-state index in [0.717, 1.165) is 12.8 Å². The first-order valence-corrected chi connectivity index (χ1v) is 13.2. The maximum Gasteiger partial charge on any atom is 0.407 e. The van der Waals surface area contributed by atoms with Crippen LogP contribution in [0.3, 0.4) is 0 Å². The number of fused-ring (bicyclic) bond motifs is 1. The molecular weight excluding hydrogens is 537 g/mol. The summed E-state index contributed by atoms with van der Waals surface area (Å²) in [4.78, 5) is 33.1. The van der Waals surface area contributed by atoms with Crippen molar-refractivity contribution >= 4 is 28.7 Å². The molecule has 14 nitrogen and oxygen atoms in total. The van der Waals surface area contributed by atoms with E-state index in [9.17, 15) is 14.0 Å². The average Bonchev–Trinajstić information content (AvgIpc) is 3.70. The van der Waals surface area contributed by atoms with Crippen LogP contribution in [0.5, 0.6) is 0 Å². The molecule has 0 aromatic carbocycles. The minimum Gasteiger partial charge on any atom is -0.447 e. The number of carbonyl (C=O) groups is 2. The Morgan fingerprint density at radius 1 is 1.12 bits per heavy atom. The monoisotopic (exact) mass is 569 g/mol. The highest BCUT2D eigenvalue weighted by Crippen LogP contribution is 2.28. The van der Waals surface area contributed by atoms with Gasteiger partial charge in [-0.15, -0.1) is 0 Å². The summed E-state index contributed by atoms with van der Waals surface area (Å²) in [6, 6.07) is 5.66. The van der Waals surface area contributed by atoms with E-state index in [0.29, 0.717) is 41.3 Å². The topological polar surface area (TPSA) is 191 Å². The molecule has 218 valence electrons. The minimum absolute atomic E-state index is 0.0722. The van der Waals surface area contributed by atoms with Crippen molar-refractivity contribution in [3.8, 4) is 11.9 Å². The van der Waals surface area contributed by atoms with Crippen molar-refractivity contribution in [2.45, 2.75) is 25.1 Å². The fourth-order valence-corrected chi connectivity index (χ4v) is 3.68. The first-order chi connectivity index (χ1) is 20.0. The number of alkyl carbamates (subject to hydrolysis) is 1. The number of hydrogen-bond donors (Lipinski definition) is 4. The number of ether oxygens (including phenoxy) is 3. The van der Waals surface area contributed by atoms with E-state index in [2.05, 4.69) is 31.0 Å². The van der Waals surface area contributed by atoms with Crippen LogP contribution in [0.4, 0.5) is 14.9 Å². The second kappa shape index (κ2) is 14.8. The fourth-order valence-electron chi connectivity index (χ4n) is 3.68. The smallest absolute Gasteiger partial charge is 0.407 e. The number of anilines is 1. The zero-order valence-electron chi connectivity index (χ0n) is 22.3. The maximum absolute atomic E-state index is 14.4. The van der Waals surface area contributed by atoms with Gasteiger partial charge in [0.15, 0.2) is 11.5 Å². The summed E-state index contributed by atoms with van der Waals surface area (Å²) in [5, 5.41) is 22.5. The standard InChI is InChI=1S/C26H32FN9O5/c27-19(16-40-6-4-30-26(38)41-8-7-39-5-3-28)14-33-25(37)21-15-31-23(10-22(21)35-20-1-2-20)36-24-18(13-34-36)9-17(11-29)12-32-24/h9-10,12-13,15,19-20H,1-8,14,16,28H2,(H,30,38)(H,31,35)(H,33,37). The Balaban J connectivity index is 1.25. The van der Waals surface area contributed by atoms with Crippen LogP contribution in [-0.4, -0.2) is 96.6 Å². The van der Waals surface area contributed by atoms with Crippen LogP contribution in [0.1, 0.15) is 28.8 Å². The van der Waals surface area contributed by atoms with E-state index in [1.807, 2.05) is 6.07 Å². The van der Waals surface area contributed by atoms with Gasteiger partial charge < -0.3 is 35.9 Å². The summed E-state index contributed by atoms with van der Waals surface area (Å²) in [5.74, 6) is -0.0529. The van der Waals surface area contributed by atoms with E-state index in [1.165, 1.54) is 17.1 Å². The molecule has 15 heteroatoms. The molecule has 1 saturated carbocycles. The Hall–Kier alpha value is -4.39. The number of rotatable bonds is 16. The maximum atomic E-state index is 14.4. The van der Waals surface area contributed by atoms with Gasteiger partial charge in [0.25, 0.3) is 5.91 Å². The van der Waals surface area contributed by atoms with Crippen molar-refractivity contribution in [2.24, 2.45) is 5.73 Å². The number of nitrogens with one attached hydrogen (secondary N) is 3. The van der Waals surface area contributed by atoms with Gasteiger partial charge in [-0.05, 0) is 18.9 Å². The summed E-state index contributed by atoms with van der Waals surface area (Å²) < 4.78 is 31.1. The SMILES string of the molecule is N#Cc1cnc2c(cnn2-c2cc(NC3CC3)c(C(=O)NCC(F)COCCNC(=O)OCCOCCN)cn2)c1. The molecular formula is C26H32FN9O5. The lowest BCUT2D eigenvalue weighted by molar-refractivity contribution is 0.0670. The number of amides is 2. The highest BCUT2D eigenvalue weighted by Gasteiger charge is 2.25. The van der Waals surface area contributed by atoms with Crippen molar-refractivity contribution in [2.75, 3.05) is 58.0 Å². The van der Waals surface area contributed by atoms with Crippen LogP contribution in [-0.2, 0) is 14.2 Å². The molecule has 4 rings (SSSR count). The molecule has 3 aromatic rings. The van der Waals surface area contributed by atoms with Crippen molar-refractivity contribution in [3.63, 3.8) is 0 Å². The quantitative estimate of drug-likeness (QED) is 0.180. The van der Waals surface area contributed by atoms with Gasteiger partial charge in [0, 0.05) is 43.0 Å². The predicted octanol–water partition coefficient (Wildman–Crippen LogP) is 1.05. The third-order valence-corrected chi connectivity index (χ3v) is 5.85. The van der Waals surface area contributed by atoms with Crippen LogP contribution < -0.4 is 21.7 Å². The number of alkyl halides is 1. The summed E-state index contributed by atoms with van der Waals surface area (Å²) in [6.07, 6.45) is 4.31. The number of carbonyl (C=O) groups excluding carboxylic acids is 2. The first-order valence-electron chi connectivity index (χ1n) is 13.2. The molecule has 0 aliphatic heterocycles. The normalized spacial score (nSPS) is 13.4. The lowest BCUT2D eigenvalue weighted by Gasteiger charge is -2.15. The summed E-state index contributed by atoms with van der Waals surface area (Å²) in [6.45, 7) is 0.798. The molecule has 0 bridgehead atoms. The zero-order valence-corrected chi connectivity index (χ0v) is 22.3. The molecule has 0 saturated heterocycles. The molecule has 3 heterocycles. The molecule has 0 spiro atoms. The van der Waals surface area contributed by atoms with E-state index in [1.54, 1.807) is 18.3 Å². The van der Waals surface area contributed by atoms with Crippen molar-refractivity contribution in [1.29, 1.82) is 5.26 Å². The van der Waals surface area contributed by atoms with E-state index in [-0.39, 0.29) is 51.1 Å². The van der Waals surface area contributed by atoms with Crippen LogP contribution in [0.15, 0.2) is 30.7 Å². The molecule has 1 fully saturated rings. The number of halogens is 1. The number of pyridine rings is 2. The van der Waals surface area contributed by atoms with E-state index in [4.69, 9.17) is 25.2 Å². The Bertz CT molecular complexity index is 1380. The molecule has 41 heavy (non-hydrogen) atoms. The Labute approximate surface area is 235 Å². The minimum atomic E-state index is -1.46. The Kier molecular flexibility index (Phi) is 10.7. The summed E-state index contributed by atoms with van der Waals surface area (Å²) in [7, 11) is 0. The van der Waals surface area contributed by atoms with Crippen molar-refractivity contribution in [1.82, 2.24) is 30.4 Å². The number of nitriles is 1. The molecule has 0 radical (unpaired) electrons. The fraction of sp³-hybridized carbons (Fsp3) is 0.462. The Morgan fingerprint density at radius 3 is 2.76 bits per heavy atom. The van der Waals surface area contributed by atoms with Crippen LogP contribution in [0.25, 0.3) is 16.9 Å². The largest absolute Gasteiger partial charge is 0.447 e. The van der Waals surface area contributed by atoms with Gasteiger partial charge >= 0.3 is 6.09 Å². The average molecular weight is 570 g/mol. The number of aromatic nitrogens is 4. The van der Waals surface area contributed by atoms with Gasteiger partial charge in [-0.2, -0.15) is 15.0 Å². The van der Waals surface area contributed by atoms with Gasteiger partial charge in [0.1, 0.15) is 18.8 Å².